The molecule has 0 saturated heterocycles. The van der Waals surface area contributed by atoms with Gasteiger partial charge in [0.25, 0.3) is 0 Å². The summed E-state index contributed by atoms with van der Waals surface area (Å²) in [6.07, 6.45) is 2.09. The van der Waals surface area contributed by atoms with E-state index in [0.717, 1.165) is 12.8 Å². The minimum absolute atomic E-state index is 0.511. The van der Waals surface area contributed by atoms with Crippen LogP contribution < -0.4 is 5.90 Å². The molecular weight excluding hydrogens is 162 g/mol. The Morgan fingerprint density at radius 2 is 1.92 bits per heavy atom. The highest BCUT2D eigenvalue weighted by atomic mass is 16.6. The molecular formula is C11H17NO. The summed E-state index contributed by atoms with van der Waals surface area (Å²) in [7, 11) is 0. The minimum Gasteiger partial charge on any atom is -0.300 e. The van der Waals surface area contributed by atoms with Crippen LogP contribution in [0.3, 0.4) is 0 Å². The van der Waals surface area contributed by atoms with Gasteiger partial charge < -0.3 is 0 Å². The second kappa shape index (κ2) is 5.00. The van der Waals surface area contributed by atoms with E-state index in [1.165, 1.54) is 16.7 Å². The van der Waals surface area contributed by atoms with E-state index in [1.54, 1.807) is 0 Å². The van der Waals surface area contributed by atoms with Gasteiger partial charge in [0.1, 0.15) is 0 Å². The molecule has 0 spiro atoms. The Bertz CT molecular complexity index is 271. The van der Waals surface area contributed by atoms with Crippen molar-refractivity contribution in [2.75, 3.05) is 0 Å². The molecule has 72 valence electrons. The van der Waals surface area contributed by atoms with Crippen LogP contribution in [0.25, 0.3) is 0 Å². The van der Waals surface area contributed by atoms with Crippen LogP contribution in [0.1, 0.15) is 30.5 Å². The lowest BCUT2D eigenvalue weighted by Gasteiger charge is -2.08. The zero-order valence-electron chi connectivity index (χ0n) is 8.34. The van der Waals surface area contributed by atoms with Crippen molar-refractivity contribution < 1.29 is 4.84 Å². The van der Waals surface area contributed by atoms with E-state index in [4.69, 9.17) is 5.90 Å². The average molecular weight is 179 g/mol. The van der Waals surface area contributed by atoms with Crippen molar-refractivity contribution >= 4 is 0 Å². The molecule has 0 fully saturated rings. The van der Waals surface area contributed by atoms with Crippen LogP contribution >= 0.6 is 0 Å². The predicted octanol–water partition coefficient (Wildman–Crippen LogP) is 2.20. The molecule has 0 heterocycles. The number of hydrogen-bond acceptors (Lipinski definition) is 2. The molecule has 2 N–H and O–H groups in total. The van der Waals surface area contributed by atoms with Crippen LogP contribution in [0.5, 0.6) is 0 Å². The van der Waals surface area contributed by atoms with Gasteiger partial charge in [-0.15, -0.1) is 0 Å². The number of benzene rings is 1. The highest BCUT2D eigenvalue weighted by molar-refractivity contribution is 5.31. The fourth-order valence-corrected chi connectivity index (χ4v) is 1.47. The van der Waals surface area contributed by atoms with Crippen molar-refractivity contribution in [3.8, 4) is 0 Å². The maximum Gasteiger partial charge on any atom is 0.0932 e. The zero-order valence-corrected chi connectivity index (χ0v) is 8.34. The molecule has 0 amide bonds. The van der Waals surface area contributed by atoms with Crippen LogP contribution in [0.4, 0.5) is 0 Å². The highest BCUT2D eigenvalue weighted by Crippen LogP contribution is 2.14. The van der Waals surface area contributed by atoms with Crippen molar-refractivity contribution in [3.63, 3.8) is 0 Å². The van der Waals surface area contributed by atoms with E-state index < -0.39 is 0 Å². The zero-order chi connectivity index (χ0) is 9.68. The van der Waals surface area contributed by atoms with Crippen LogP contribution in [-0.4, -0.2) is 0 Å². The molecule has 0 saturated carbocycles. The Morgan fingerprint density at radius 3 is 2.46 bits per heavy atom. The SMILES string of the molecule is CCc1ccc(CC)c(CON)c1. The summed E-state index contributed by atoms with van der Waals surface area (Å²) in [6, 6.07) is 6.50. The normalized spacial score (nSPS) is 10.4. The molecule has 2 heteroatoms. The minimum atomic E-state index is 0.511. The average Bonchev–Trinajstić information content (AvgIpc) is 2.18. The first-order chi connectivity index (χ1) is 6.31. The van der Waals surface area contributed by atoms with Gasteiger partial charge in [0.15, 0.2) is 0 Å². The Hall–Kier alpha value is -0.860. The molecule has 0 aliphatic heterocycles. The summed E-state index contributed by atoms with van der Waals surface area (Å²) in [6.45, 7) is 4.80. The molecule has 1 aromatic carbocycles. The monoisotopic (exact) mass is 179 g/mol. The van der Waals surface area contributed by atoms with Crippen molar-refractivity contribution in [2.24, 2.45) is 5.90 Å². The Morgan fingerprint density at radius 1 is 1.15 bits per heavy atom. The van der Waals surface area contributed by atoms with Crippen molar-refractivity contribution in [1.29, 1.82) is 0 Å². The number of nitrogens with two attached hydrogens (primary N) is 1. The van der Waals surface area contributed by atoms with Crippen molar-refractivity contribution in [2.45, 2.75) is 33.3 Å². The Balaban J connectivity index is 2.95. The number of aryl methyl sites for hydroxylation is 2. The molecule has 1 rings (SSSR count). The van der Waals surface area contributed by atoms with Gasteiger partial charge in [-0.1, -0.05) is 32.0 Å². The second-order valence-corrected chi connectivity index (χ2v) is 3.12. The van der Waals surface area contributed by atoms with Gasteiger partial charge in [-0.3, -0.25) is 4.84 Å². The maximum atomic E-state index is 5.08. The standard InChI is InChI=1S/C11H17NO/c1-3-9-5-6-10(4-2)11(7-9)8-13-12/h5-7H,3-4,8,12H2,1-2H3. The molecule has 0 bridgehead atoms. The van der Waals surface area contributed by atoms with Gasteiger partial charge in [0.05, 0.1) is 6.61 Å². The highest BCUT2D eigenvalue weighted by Gasteiger charge is 2.01. The maximum absolute atomic E-state index is 5.08. The van der Waals surface area contributed by atoms with Crippen molar-refractivity contribution in [3.05, 3.63) is 34.9 Å². The first-order valence-corrected chi connectivity index (χ1v) is 4.74. The summed E-state index contributed by atoms with van der Waals surface area (Å²) in [5.74, 6) is 5.08. The third kappa shape index (κ3) is 2.54. The lowest BCUT2D eigenvalue weighted by atomic mass is 10.0. The molecule has 0 unspecified atom stereocenters. The van der Waals surface area contributed by atoms with Crippen molar-refractivity contribution in [1.82, 2.24) is 0 Å². The molecule has 2 nitrogen and oxygen atoms in total. The van der Waals surface area contributed by atoms with E-state index in [1.807, 2.05) is 0 Å². The van der Waals surface area contributed by atoms with Gasteiger partial charge in [-0.05, 0) is 29.5 Å². The quantitative estimate of drug-likeness (QED) is 0.719. The first kappa shape index (κ1) is 10.2. The molecule has 13 heavy (non-hydrogen) atoms. The first-order valence-electron chi connectivity index (χ1n) is 4.74. The lowest BCUT2D eigenvalue weighted by molar-refractivity contribution is 0.123. The van der Waals surface area contributed by atoms with Crippen LogP contribution in [-0.2, 0) is 24.3 Å². The predicted molar refractivity (Wildman–Crippen MR) is 54.2 cm³/mol. The second-order valence-electron chi connectivity index (χ2n) is 3.12. The molecule has 0 aromatic heterocycles. The fraction of sp³-hybridized carbons (Fsp3) is 0.455. The van der Waals surface area contributed by atoms with Crippen LogP contribution in [0.15, 0.2) is 18.2 Å². The van der Waals surface area contributed by atoms with E-state index in [9.17, 15) is 0 Å². The molecule has 0 aliphatic rings. The van der Waals surface area contributed by atoms with Gasteiger partial charge in [0, 0.05) is 0 Å². The van der Waals surface area contributed by atoms with Gasteiger partial charge in [-0.25, -0.2) is 5.90 Å². The molecule has 0 radical (unpaired) electrons. The summed E-state index contributed by atoms with van der Waals surface area (Å²) < 4.78 is 0. The fourth-order valence-electron chi connectivity index (χ4n) is 1.47. The summed E-state index contributed by atoms with van der Waals surface area (Å²) in [4.78, 5) is 4.67. The molecule has 1 aromatic rings. The molecule has 0 aliphatic carbocycles. The molecule has 0 atom stereocenters. The summed E-state index contributed by atoms with van der Waals surface area (Å²) in [5, 5.41) is 0. The van der Waals surface area contributed by atoms with Gasteiger partial charge >= 0.3 is 0 Å². The third-order valence-corrected chi connectivity index (χ3v) is 2.30. The smallest absolute Gasteiger partial charge is 0.0932 e. The lowest BCUT2D eigenvalue weighted by Crippen LogP contribution is -2.02. The number of hydrogen-bond donors (Lipinski definition) is 1. The van der Waals surface area contributed by atoms with E-state index in [-0.39, 0.29) is 0 Å². The van der Waals surface area contributed by atoms with Crippen LogP contribution in [0.2, 0.25) is 0 Å². The topological polar surface area (TPSA) is 35.2 Å². The van der Waals surface area contributed by atoms with Crippen LogP contribution in [0, 0.1) is 0 Å². The summed E-state index contributed by atoms with van der Waals surface area (Å²) in [5.41, 5.74) is 3.87. The Kier molecular flexibility index (Phi) is 3.93. The Labute approximate surface area is 79.7 Å². The van der Waals surface area contributed by atoms with E-state index in [2.05, 4.69) is 36.9 Å². The largest absolute Gasteiger partial charge is 0.300 e. The van der Waals surface area contributed by atoms with Gasteiger partial charge in [-0.2, -0.15) is 0 Å². The third-order valence-electron chi connectivity index (χ3n) is 2.30. The van der Waals surface area contributed by atoms with E-state index >= 15 is 0 Å². The van der Waals surface area contributed by atoms with E-state index in [0.29, 0.717) is 6.61 Å². The number of rotatable bonds is 4. The summed E-state index contributed by atoms with van der Waals surface area (Å²) >= 11 is 0. The van der Waals surface area contributed by atoms with Gasteiger partial charge in [0.2, 0.25) is 0 Å².